The Kier molecular flexibility index (Phi) is 4.98. The van der Waals surface area contributed by atoms with E-state index in [9.17, 15) is 22.4 Å². The zero-order valence-electron chi connectivity index (χ0n) is 11.5. The molecule has 2 nitrogen and oxygen atoms in total. The highest BCUT2D eigenvalue weighted by Gasteiger charge is 2.34. The summed E-state index contributed by atoms with van der Waals surface area (Å²) in [6, 6.07) is 2.44. The van der Waals surface area contributed by atoms with Gasteiger partial charge in [0.1, 0.15) is 5.82 Å². The second kappa shape index (κ2) is 6.56. The first-order valence-electron chi connectivity index (χ1n) is 6.98. The van der Waals surface area contributed by atoms with Crippen molar-refractivity contribution >= 4 is 5.78 Å². The van der Waals surface area contributed by atoms with Gasteiger partial charge < -0.3 is 5.32 Å². The Morgan fingerprint density at radius 1 is 1.24 bits per heavy atom. The lowest BCUT2D eigenvalue weighted by molar-refractivity contribution is -0.140. The Hall–Kier alpha value is -1.43. The minimum atomic E-state index is -4.78. The lowest BCUT2D eigenvalue weighted by Gasteiger charge is -2.22. The monoisotopic (exact) mass is 303 g/mol. The predicted molar refractivity (Wildman–Crippen MR) is 70.6 cm³/mol. The Balaban J connectivity index is 2.02. The molecule has 0 atom stereocenters. The van der Waals surface area contributed by atoms with Crippen LogP contribution in [0.5, 0.6) is 0 Å². The van der Waals surface area contributed by atoms with Gasteiger partial charge in [-0.3, -0.25) is 4.79 Å². The first-order valence-corrected chi connectivity index (χ1v) is 6.98. The van der Waals surface area contributed by atoms with Gasteiger partial charge in [-0.25, -0.2) is 4.39 Å². The molecular weight excluding hydrogens is 286 g/mol. The summed E-state index contributed by atoms with van der Waals surface area (Å²) in [5.41, 5.74) is -1.45. The molecule has 116 valence electrons. The number of ketones is 1. The van der Waals surface area contributed by atoms with E-state index in [-0.39, 0.29) is 17.8 Å². The lowest BCUT2D eigenvalue weighted by atomic mass is 9.91. The summed E-state index contributed by atoms with van der Waals surface area (Å²) in [6.45, 7) is 1.82. The van der Waals surface area contributed by atoms with E-state index in [0.29, 0.717) is 24.5 Å². The van der Waals surface area contributed by atoms with E-state index in [1.807, 2.05) is 0 Å². The van der Waals surface area contributed by atoms with E-state index < -0.39 is 17.6 Å². The second-order valence-corrected chi connectivity index (χ2v) is 5.35. The number of carbonyl (C=O) groups is 1. The van der Waals surface area contributed by atoms with Crippen molar-refractivity contribution in [2.45, 2.75) is 31.9 Å². The largest absolute Gasteiger partial charge is 0.419 e. The van der Waals surface area contributed by atoms with Gasteiger partial charge in [0, 0.05) is 12.0 Å². The van der Waals surface area contributed by atoms with Crippen molar-refractivity contribution in [1.29, 1.82) is 0 Å². The molecule has 1 aliphatic rings. The molecule has 1 fully saturated rings. The van der Waals surface area contributed by atoms with Gasteiger partial charge in [-0.1, -0.05) is 0 Å². The molecular formula is C15H17F4NO. The molecule has 0 aromatic heterocycles. The van der Waals surface area contributed by atoms with Crippen molar-refractivity contribution in [3.8, 4) is 0 Å². The summed E-state index contributed by atoms with van der Waals surface area (Å²) in [5.74, 6) is -1.28. The van der Waals surface area contributed by atoms with Crippen LogP contribution in [0.2, 0.25) is 0 Å². The number of nitrogens with one attached hydrogen (secondary N) is 1. The number of carbonyl (C=O) groups excluding carboxylic acids is 1. The maximum atomic E-state index is 13.2. The molecule has 1 aromatic carbocycles. The topological polar surface area (TPSA) is 29.1 Å². The fraction of sp³-hybridized carbons (Fsp3) is 0.533. The minimum absolute atomic E-state index is 0.0716. The van der Waals surface area contributed by atoms with Crippen LogP contribution < -0.4 is 5.32 Å². The number of Topliss-reactive ketones (excluding diaryl/α,β-unsaturated/α-hetero) is 1. The summed E-state index contributed by atoms with van der Waals surface area (Å²) in [5, 5.41) is 3.21. The van der Waals surface area contributed by atoms with Crippen LogP contribution in [0.15, 0.2) is 18.2 Å². The van der Waals surface area contributed by atoms with E-state index in [4.69, 9.17) is 0 Å². The van der Waals surface area contributed by atoms with Gasteiger partial charge in [0.25, 0.3) is 0 Å². The average molecular weight is 303 g/mol. The summed E-state index contributed by atoms with van der Waals surface area (Å²) in [4.78, 5) is 12.0. The first-order chi connectivity index (χ1) is 9.88. The number of rotatable bonds is 4. The number of halogens is 4. The highest BCUT2D eigenvalue weighted by Crippen LogP contribution is 2.32. The van der Waals surface area contributed by atoms with Crippen molar-refractivity contribution in [3.05, 3.63) is 35.1 Å². The fourth-order valence-corrected chi connectivity index (χ4v) is 2.57. The molecule has 0 bridgehead atoms. The normalized spacial score (nSPS) is 17.0. The molecule has 0 spiro atoms. The van der Waals surface area contributed by atoms with E-state index >= 15 is 0 Å². The third-order valence-corrected chi connectivity index (χ3v) is 3.83. The summed E-state index contributed by atoms with van der Waals surface area (Å²) >= 11 is 0. The van der Waals surface area contributed by atoms with Crippen LogP contribution in [0.1, 0.15) is 41.6 Å². The van der Waals surface area contributed by atoms with E-state index in [1.165, 1.54) is 0 Å². The Morgan fingerprint density at radius 2 is 1.90 bits per heavy atom. The molecule has 1 aromatic rings. The van der Waals surface area contributed by atoms with Gasteiger partial charge >= 0.3 is 6.18 Å². The quantitative estimate of drug-likeness (QED) is 0.677. The number of benzene rings is 1. The van der Waals surface area contributed by atoms with Gasteiger partial charge in [-0.05, 0) is 56.5 Å². The summed E-state index contributed by atoms with van der Waals surface area (Å²) in [6.07, 6.45) is -1.96. The van der Waals surface area contributed by atoms with Crippen LogP contribution in [0.25, 0.3) is 0 Å². The van der Waals surface area contributed by atoms with Crippen LogP contribution in [-0.2, 0) is 6.18 Å². The Labute approximate surface area is 120 Å². The lowest BCUT2D eigenvalue weighted by Crippen LogP contribution is -2.28. The van der Waals surface area contributed by atoms with E-state index in [0.717, 1.165) is 32.0 Å². The molecule has 21 heavy (non-hydrogen) atoms. The molecule has 0 aliphatic carbocycles. The second-order valence-electron chi connectivity index (χ2n) is 5.35. The first kappa shape index (κ1) is 15.9. The smallest absolute Gasteiger partial charge is 0.317 e. The van der Waals surface area contributed by atoms with Crippen molar-refractivity contribution in [2.75, 3.05) is 13.1 Å². The SMILES string of the molecule is O=C(CCC1CCNCC1)c1ccc(F)c(C(F)(F)F)c1. The van der Waals surface area contributed by atoms with Crippen molar-refractivity contribution in [2.24, 2.45) is 5.92 Å². The van der Waals surface area contributed by atoms with Gasteiger partial charge in [-0.15, -0.1) is 0 Å². The van der Waals surface area contributed by atoms with Crippen molar-refractivity contribution in [1.82, 2.24) is 5.32 Å². The molecule has 1 heterocycles. The van der Waals surface area contributed by atoms with Crippen molar-refractivity contribution < 1.29 is 22.4 Å². The van der Waals surface area contributed by atoms with Crippen LogP contribution >= 0.6 is 0 Å². The summed E-state index contributed by atoms with van der Waals surface area (Å²) < 4.78 is 51.0. The third kappa shape index (κ3) is 4.27. The zero-order chi connectivity index (χ0) is 15.5. The molecule has 2 rings (SSSR count). The molecule has 1 N–H and O–H groups in total. The third-order valence-electron chi connectivity index (χ3n) is 3.83. The Morgan fingerprint density at radius 3 is 2.52 bits per heavy atom. The average Bonchev–Trinajstić information content (AvgIpc) is 2.45. The van der Waals surface area contributed by atoms with Gasteiger partial charge in [-0.2, -0.15) is 13.2 Å². The molecule has 1 aliphatic heterocycles. The highest BCUT2D eigenvalue weighted by molar-refractivity contribution is 5.96. The fourth-order valence-electron chi connectivity index (χ4n) is 2.57. The standard InChI is InChI=1S/C15H17F4NO/c16-13-3-2-11(9-12(13)15(17,18)19)14(21)4-1-10-5-7-20-8-6-10/h2-3,9-10,20H,1,4-8H2. The van der Waals surface area contributed by atoms with Gasteiger partial charge in [0.05, 0.1) is 5.56 Å². The van der Waals surface area contributed by atoms with Crippen LogP contribution in [0, 0.1) is 11.7 Å². The van der Waals surface area contributed by atoms with E-state index in [2.05, 4.69) is 5.32 Å². The number of hydrogen-bond donors (Lipinski definition) is 1. The van der Waals surface area contributed by atoms with Crippen LogP contribution in [0.3, 0.4) is 0 Å². The number of hydrogen-bond acceptors (Lipinski definition) is 2. The molecule has 0 saturated carbocycles. The number of piperidine rings is 1. The summed E-state index contributed by atoms with van der Waals surface area (Å²) in [7, 11) is 0. The van der Waals surface area contributed by atoms with Crippen LogP contribution in [-0.4, -0.2) is 18.9 Å². The molecule has 0 radical (unpaired) electrons. The van der Waals surface area contributed by atoms with Crippen LogP contribution in [0.4, 0.5) is 17.6 Å². The highest BCUT2D eigenvalue weighted by atomic mass is 19.4. The maximum Gasteiger partial charge on any atom is 0.419 e. The number of alkyl halides is 3. The predicted octanol–water partition coefficient (Wildman–Crippen LogP) is 3.81. The molecule has 6 heteroatoms. The molecule has 1 saturated heterocycles. The maximum absolute atomic E-state index is 13.2. The van der Waals surface area contributed by atoms with Gasteiger partial charge in [0.2, 0.25) is 0 Å². The Bertz CT molecular complexity index is 507. The minimum Gasteiger partial charge on any atom is -0.317 e. The van der Waals surface area contributed by atoms with E-state index in [1.54, 1.807) is 0 Å². The zero-order valence-corrected chi connectivity index (χ0v) is 11.5. The van der Waals surface area contributed by atoms with Crippen molar-refractivity contribution in [3.63, 3.8) is 0 Å². The molecule has 0 unspecified atom stereocenters. The molecule has 0 amide bonds. The van der Waals surface area contributed by atoms with Gasteiger partial charge in [0.15, 0.2) is 5.78 Å².